The summed E-state index contributed by atoms with van der Waals surface area (Å²) >= 11 is 0. The van der Waals surface area contributed by atoms with Crippen LogP contribution in [0, 0.1) is 50.7 Å². The highest BCUT2D eigenvalue weighted by atomic mass is 16.7. The molecule has 274 valence electrons. The second-order valence-electron chi connectivity index (χ2n) is 18.0. The van der Waals surface area contributed by atoms with Crippen LogP contribution in [0.5, 0.6) is 0 Å². The number of fused-ring (bicyclic) bond motifs is 2. The lowest BCUT2D eigenvalue weighted by atomic mass is 9.41. The molecule has 5 aliphatic carbocycles. The van der Waals surface area contributed by atoms with Crippen LogP contribution in [-0.2, 0) is 19.0 Å². The van der Waals surface area contributed by atoms with E-state index in [0.717, 1.165) is 50.5 Å². The van der Waals surface area contributed by atoms with E-state index in [4.69, 9.17) is 14.2 Å². The van der Waals surface area contributed by atoms with Gasteiger partial charge in [0.2, 0.25) is 0 Å². The van der Waals surface area contributed by atoms with Gasteiger partial charge in [-0.05, 0) is 115 Å². The molecule has 0 radical (unpaired) electrons. The van der Waals surface area contributed by atoms with Crippen molar-refractivity contribution in [2.45, 2.75) is 155 Å². The van der Waals surface area contributed by atoms with Crippen molar-refractivity contribution < 1.29 is 49.6 Å². The maximum atomic E-state index is 12.2. The van der Waals surface area contributed by atoms with E-state index < -0.39 is 48.2 Å². The highest BCUT2D eigenvalue weighted by Gasteiger charge is 2.84. The molecule has 10 heteroatoms. The van der Waals surface area contributed by atoms with Gasteiger partial charge in [0.1, 0.15) is 31.0 Å². The van der Waals surface area contributed by atoms with Crippen LogP contribution in [0.25, 0.3) is 0 Å². The number of aliphatic hydroxyl groups excluding tert-OH is 6. The Hall–Kier alpha value is -1.11. The normalized spacial score (nSPS) is 51.6. The highest BCUT2D eigenvalue weighted by molar-refractivity contribution is 5.65. The molecule has 1 aliphatic heterocycles. The SMILES string of the molecule is CC(=O)OCC1OC(OC2CCC34CC35CCC3(C)C(C(C)CCC=C(C)CO)C(O)CC3(C)C5CC(O)C4C2(C)C)C(O)C(O)C1O. The minimum Gasteiger partial charge on any atom is -0.463 e. The number of rotatable bonds is 9. The van der Waals surface area contributed by atoms with Gasteiger partial charge in [-0.25, -0.2) is 0 Å². The van der Waals surface area contributed by atoms with E-state index in [-0.39, 0.29) is 58.9 Å². The fraction of sp³-hybridized carbons (Fsp3) is 0.921. The van der Waals surface area contributed by atoms with Gasteiger partial charge in [0, 0.05) is 6.92 Å². The van der Waals surface area contributed by atoms with E-state index in [1.807, 2.05) is 6.92 Å². The molecular formula is C38H62O10. The largest absolute Gasteiger partial charge is 0.463 e. The highest BCUT2D eigenvalue weighted by Crippen LogP contribution is 2.89. The van der Waals surface area contributed by atoms with Gasteiger partial charge in [0.25, 0.3) is 0 Å². The van der Waals surface area contributed by atoms with Gasteiger partial charge < -0.3 is 44.8 Å². The number of esters is 1. The first-order valence-electron chi connectivity index (χ1n) is 18.5. The summed E-state index contributed by atoms with van der Waals surface area (Å²) in [5.74, 6) is 0.280. The number of carbonyl (C=O) groups excluding carboxylic acids is 1. The molecule has 2 spiro atoms. The second-order valence-corrected chi connectivity index (χ2v) is 18.0. The number of aliphatic hydroxyl groups is 6. The van der Waals surface area contributed by atoms with Crippen molar-refractivity contribution in [3.63, 3.8) is 0 Å². The Morgan fingerprint density at radius 3 is 2.31 bits per heavy atom. The number of hydrogen-bond acceptors (Lipinski definition) is 10. The van der Waals surface area contributed by atoms with Gasteiger partial charge in [-0.2, -0.15) is 0 Å². The molecule has 1 heterocycles. The third kappa shape index (κ3) is 5.29. The minimum atomic E-state index is -1.53. The maximum Gasteiger partial charge on any atom is 0.302 e. The van der Waals surface area contributed by atoms with Crippen molar-refractivity contribution in [2.24, 2.45) is 50.7 Å². The molecule has 1 saturated heterocycles. The molecule has 6 aliphatic rings. The third-order valence-electron chi connectivity index (χ3n) is 15.4. The summed E-state index contributed by atoms with van der Waals surface area (Å²) in [7, 11) is 0. The monoisotopic (exact) mass is 678 g/mol. The molecular weight excluding hydrogens is 616 g/mol. The zero-order valence-electron chi connectivity index (χ0n) is 30.1. The van der Waals surface area contributed by atoms with Crippen molar-refractivity contribution in [1.82, 2.24) is 0 Å². The van der Waals surface area contributed by atoms with E-state index >= 15 is 0 Å². The van der Waals surface area contributed by atoms with E-state index in [9.17, 15) is 35.4 Å². The van der Waals surface area contributed by atoms with E-state index in [1.54, 1.807) is 0 Å². The summed E-state index contributed by atoms with van der Waals surface area (Å²) in [6.07, 6.45) is 2.27. The lowest BCUT2D eigenvalue weighted by Gasteiger charge is -2.64. The predicted octanol–water partition coefficient (Wildman–Crippen LogP) is 3.48. The van der Waals surface area contributed by atoms with E-state index in [2.05, 4.69) is 40.7 Å². The van der Waals surface area contributed by atoms with Crippen LogP contribution in [0.4, 0.5) is 0 Å². The summed E-state index contributed by atoms with van der Waals surface area (Å²) in [6.45, 7) is 14.4. The van der Waals surface area contributed by atoms with Gasteiger partial charge in [-0.15, -0.1) is 0 Å². The molecule has 0 aromatic rings. The molecule has 6 rings (SSSR count). The van der Waals surface area contributed by atoms with Crippen LogP contribution < -0.4 is 0 Å². The van der Waals surface area contributed by atoms with Crippen LogP contribution in [0.1, 0.15) is 106 Å². The standard InChI is InChI=1S/C38H62O10/c1-20(17-39)9-8-10-21(2)28-24(42)16-36(7)26-15-23(41)32-34(4,5)27(11-12-38(32)19-37(26,38)14-13-35(28,36)6)48-33-31(45)30(44)29(43)25(47-33)18-46-22(3)40/h9,21,23-33,39,41-45H,8,10-19H2,1-7H3. The molecule has 0 aromatic heterocycles. The van der Waals surface area contributed by atoms with Crippen molar-refractivity contribution in [1.29, 1.82) is 0 Å². The minimum absolute atomic E-state index is 0.0239. The average molecular weight is 679 g/mol. The Balaban J connectivity index is 1.21. The number of allylic oxidation sites excluding steroid dienone is 1. The Bertz CT molecular complexity index is 1250. The predicted molar refractivity (Wildman–Crippen MR) is 177 cm³/mol. The lowest BCUT2D eigenvalue weighted by molar-refractivity contribution is -0.329. The zero-order chi connectivity index (χ0) is 35.2. The second kappa shape index (κ2) is 12.5. The molecule has 6 N–H and O–H groups in total. The number of ether oxygens (including phenoxy) is 3. The smallest absolute Gasteiger partial charge is 0.302 e. The van der Waals surface area contributed by atoms with Gasteiger partial charge >= 0.3 is 5.97 Å². The Morgan fingerprint density at radius 1 is 0.938 bits per heavy atom. The number of hydrogen-bond donors (Lipinski definition) is 6. The fourth-order valence-corrected chi connectivity index (χ4v) is 13.1. The average Bonchev–Trinajstić information content (AvgIpc) is 3.60. The molecule has 16 atom stereocenters. The van der Waals surface area contributed by atoms with Crippen LogP contribution in [0.15, 0.2) is 11.6 Å². The van der Waals surface area contributed by atoms with Crippen molar-refractivity contribution >= 4 is 5.97 Å². The van der Waals surface area contributed by atoms with Gasteiger partial charge in [0.15, 0.2) is 6.29 Å². The van der Waals surface area contributed by atoms with Crippen molar-refractivity contribution in [3.05, 3.63) is 11.6 Å². The van der Waals surface area contributed by atoms with E-state index in [1.165, 1.54) is 6.92 Å². The number of carbonyl (C=O) groups is 1. The van der Waals surface area contributed by atoms with Gasteiger partial charge in [-0.1, -0.05) is 46.3 Å². The summed E-state index contributed by atoms with van der Waals surface area (Å²) < 4.78 is 17.4. The molecule has 0 bridgehead atoms. The Labute approximate surface area is 286 Å². The first kappa shape index (κ1) is 36.7. The molecule has 6 fully saturated rings. The Kier molecular flexibility index (Phi) is 9.58. The molecule has 16 unspecified atom stereocenters. The summed E-state index contributed by atoms with van der Waals surface area (Å²) in [5.41, 5.74) is 0.468. The first-order chi connectivity index (χ1) is 22.4. The maximum absolute atomic E-state index is 12.2. The molecule has 0 amide bonds. The molecule has 10 nitrogen and oxygen atoms in total. The van der Waals surface area contributed by atoms with Crippen LogP contribution in [-0.4, -0.2) is 98.8 Å². The molecule has 5 saturated carbocycles. The quantitative estimate of drug-likeness (QED) is 0.121. The third-order valence-corrected chi connectivity index (χ3v) is 15.4. The topological polar surface area (TPSA) is 166 Å². The lowest BCUT2D eigenvalue weighted by Crippen LogP contribution is -2.64. The van der Waals surface area contributed by atoms with Crippen molar-refractivity contribution in [3.8, 4) is 0 Å². The molecule has 0 aromatic carbocycles. The van der Waals surface area contributed by atoms with Crippen LogP contribution >= 0.6 is 0 Å². The Morgan fingerprint density at radius 2 is 1.65 bits per heavy atom. The first-order valence-corrected chi connectivity index (χ1v) is 18.5. The van der Waals surface area contributed by atoms with Gasteiger partial charge in [0.05, 0.1) is 24.9 Å². The zero-order valence-corrected chi connectivity index (χ0v) is 30.1. The summed E-state index contributed by atoms with van der Waals surface area (Å²) in [6, 6.07) is 0. The summed E-state index contributed by atoms with van der Waals surface area (Å²) in [4.78, 5) is 11.4. The van der Waals surface area contributed by atoms with Crippen molar-refractivity contribution in [2.75, 3.05) is 13.2 Å². The molecule has 48 heavy (non-hydrogen) atoms. The van der Waals surface area contributed by atoms with Gasteiger partial charge in [-0.3, -0.25) is 4.79 Å². The van der Waals surface area contributed by atoms with Crippen LogP contribution in [0.2, 0.25) is 0 Å². The fourth-order valence-electron chi connectivity index (χ4n) is 13.1. The summed E-state index contributed by atoms with van der Waals surface area (Å²) in [5, 5.41) is 65.3. The van der Waals surface area contributed by atoms with E-state index in [0.29, 0.717) is 24.7 Å². The van der Waals surface area contributed by atoms with Crippen LogP contribution in [0.3, 0.4) is 0 Å².